The number of hydrogen-bond acceptors (Lipinski definition) is 5. The number of aryl methyl sites for hydroxylation is 1. The van der Waals surface area contributed by atoms with Gasteiger partial charge in [0, 0.05) is 19.7 Å². The molecular weight excluding hydrogens is 280 g/mol. The lowest BCUT2D eigenvalue weighted by Crippen LogP contribution is -2.37. The Bertz CT molecular complexity index is 547. The van der Waals surface area contributed by atoms with Gasteiger partial charge in [-0.2, -0.15) is 4.31 Å². The van der Waals surface area contributed by atoms with E-state index in [1.165, 1.54) is 4.31 Å². The minimum Gasteiger partial charge on any atom is -0.464 e. The summed E-state index contributed by atoms with van der Waals surface area (Å²) in [7, 11) is -1.92. The van der Waals surface area contributed by atoms with Crippen molar-refractivity contribution in [1.29, 1.82) is 0 Å². The average molecular weight is 302 g/mol. The quantitative estimate of drug-likeness (QED) is 0.852. The number of ether oxygens (including phenoxy) is 1. The van der Waals surface area contributed by atoms with Gasteiger partial charge in [0.05, 0.1) is 19.2 Å². The normalized spacial score (nSPS) is 19.9. The molecule has 1 aliphatic rings. The van der Waals surface area contributed by atoms with Gasteiger partial charge >= 0.3 is 0 Å². The van der Waals surface area contributed by atoms with Crippen LogP contribution in [-0.2, 0) is 21.3 Å². The van der Waals surface area contributed by atoms with Crippen molar-refractivity contribution < 1.29 is 17.6 Å². The number of sulfonamides is 1. The fourth-order valence-electron chi connectivity index (χ4n) is 2.28. The smallest absolute Gasteiger partial charge is 0.246 e. The van der Waals surface area contributed by atoms with Crippen LogP contribution in [0.1, 0.15) is 24.9 Å². The van der Waals surface area contributed by atoms with E-state index in [0.29, 0.717) is 31.3 Å². The van der Waals surface area contributed by atoms with Gasteiger partial charge < -0.3 is 14.5 Å². The van der Waals surface area contributed by atoms with Crippen LogP contribution in [0.3, 0.4) is 0 Å². The molecule has 1 aliphatic heterocycles. The molecule has 0 amide bonds. The Kier molecular flexibility index (Phi) is 4.85. The summed E-state index contributed by atoms with van der Waals surface area (Å²) in [5.74, 6) is 1.07. The van der Waals surface area contributed by atoms with Gasteiger partial charge in [-0.05, 0) is 19.9 Å². The molecule has 1 saturated heterocycles. The maximum absolute atomic E-state index is 12.6. The zero-order valence-corrected chi connectivity index (χ0v) is 13.0. The molecule has 1 aromatic rings. The highest BCUT2D eigenvalue weighted by Crippen LogP contribution is 2.26. The summed E-state index contributed by atoms with van der Waals surface area (Å²) in [6.07, 6.45) is 0.733. The van der Waals surface area contributed by atoms with E-state index in [9.17, 15) is 8.42 Å². The van der Waals surface area contributed by atoms with Gasteiger partial charge in [0.25, 0.3) is 0 Å². The van der Waals surface area contributed by atoms with Crippen molar-refractivity contribution in [2.24, 2.45) is 0 Å². The van der Waals surface area contributed by atoms with E-state index in [0.717, 1.165) is 13.0 Å². The lowest BCUT2D eigenvalue weighted by atomic mass is 10.3. The molecule has 7 heteroatoms. The van der Waals surface area contributed by atoms with E-state index in [1.54, 1.807) is 20.0 Å². The van der Waals surface area contributed by atoms with E-state index in [2.05, 4.69) is 5.32 Å². The molecule has 114 valence electrons. The number of hydrogen-bond donors (Lipinski definition) is 1. The van der Waals surface area contributed by atoms with Gasteiger partial charge in [-0.1, -0.05) is 6.92 Å². The number of likely N-dealkylation sites (N-methyl/N-ethyl adjacent to an activating group) is 1. The largest absolute Gasteiger partial charge is 0.464 e. The molecule has 2 heterocycles. The van der Waals surface area contributed by atoms with Crippen molar-refractivity contribution in [3.8, 4) is 0 Å². The summed E-state index contributed by atoms with van der Waals surface area (Å²) in [6.45, 7) is 6.07. The Morgan fingerprint density at radius 2 is 2.25 bits per heavy atom. The molecule has 0 saturated carbocycles. The van der Waals surface area contributed by atoms with Gasteiger partial charge in [-0.15, -0.1) is 0 Å². The second-order valence-corrected chi connectivity index (χ2v) is 6.92. The first-order valence-corrected chi connectivity index (χ1v) is 8.26. The molecule has 6 nitrogen and oxygen atoms in total. The Labute approximate surface area is 120 Å². The van der Waals surface area contributed by atoms with Crippen molar-refractivity contribution in [2.45, 2.75) is 37.8 Å². The van der Waals surface area contributed by atoms with Crippen LogP contribution in [0.5, 0.6) is 0 Å². The number of rotatable bonds is 6. The van der Waals surface area contributed by atoms with Crippen molar-refractivity contribution >= 4 is 10.0 Å². The molecule has 1 fully saturated rings. The third-order valence-corrected chi connectivity index (χ3v) is 5.57. The van der Waals surface area contributed by atoms with Gasteiger partial charge in [0.15, 0.2) is 0 Å². The van der Waals surface area contributed by atoms with Crippen molar-refractivity contribution in [3.63, 3.8) is 0 Å². The maximum atomic E-state index is 12.6. The van der Waals surface area contributed by atoms with E-state index >= 15 is 0 Å². The Hall–Kier alpha value is -0.890. The first-order chi connectivity index (χ1) is 9.46. The molecule has 0 aromatic carbocycles. The topological polar surface area (TPSA) is 71.8 Å². The molecule has 0 aliphatic carbocycles. The lowest BCUT2D eigenvalue weighted by molar-refractivity contribution is 0.181. The van der Waals surface area contributed by atoms with Crippen LogP contribution in [0.4, 0.5) is 0 Å². The predicted octanol–water partition coefficient (Wildman–Crippen LogP) is 1.11. The highest BCUT2D eigenvalue weighted by molar-refractivity contribution is 7.89. The molecule has 0 bridgehead atoms. The Morgan fingerprint density at radius 1 is 1.50 bits per heavy atom. The summed E-state index contributed by atoms with van der Waals surface area (Å²) in [6, 6.07) is 1.52. The van der Waals surface area contributed by atoms with Crippen LogP contribution in [0, 0.1) is 6.92 Å². The van der Waals surface area contributed by atoms with Gasteiger partial charge in [0.2, 0.25) is 10.0 Å². The van der Waals surface area contributed by atoms with Crippen LogP contribution in [-0.4, -0.2) is 45.6 Å². The summed E-state index contributed by atoms with van der Waals surface area (Å²) in [4.78, 5) is 0.250. The first-order valence-electron chi connectivity index (χ1n) is 6.82. The number of nitrogens with zero attached hydrogens (tertiary/aromatic N) is 1. The fraction of sp³-hybridized carbons (Fsp3) is 0.692. The second kappa shape index (κ2) is 6.26. The predicted molar refractivity (Wildman–Crippen MR) is 75.0 cm³/mol. The van der Waals surface area contributed by atoms with Crippen LogP contribution >= 0.6 is 0 Å². The van der Waals surface area contributed by atoms with Gasteiger partial charge in [-0.3, -0.25) is 0 Å². The molecule has 1 unspecified atom stereocenters. The third-order valence-electron chi connectivity index (χ3n) is 3.55. The van der Waals surface area contributed by atoms with E-state index in [-0.39, 0.29) is 10.9 Å². The van der Waals surface area contributed by atoms with E-state index < -0.39 is 10.0 Å². The minimum atomic E-state index is -3.53. The summed E-state index contributed by atoms with van der Waals surface area (Å²) >= 11 is 0. The maximum Gasteiger partial charge on any atom is 0.246 e. The average Bonchev–Trinajstić information content (AvgIpc) is 3.04. The highest BCUT2D eigenvalue weighted by atomic mass is 32.2. The molecule has 0 radical (unpaired) electrons. The monoisotopic (exact) mass is 302 g/mol. The number of furan rings is 1. The first kappa shape index (κ1) is 15.5. The zero-order chi connectivity index (χ0) is 14.8. The summed E-state index contributed by atoms with van der Waals surface area (Å²) in [5, 5.41) is 3.12. The molecule has 20 heavy (non-hydrogen) atoms. The lowest BCUT2D eigenvalue weighted by Gasteiger charge is -2.21. The standard InChI is InChI=1S/C13H22N2O4S/c1-4-14-8-12-7-13(10(2)19-12)20(16,17)15(3)11-5-6-18-9-11/h7,11,14H,4-6,8-9H2,1-3H3. The SMILES string of the molecule is CCNCc1cc(S(=O)(=O)N(C)C2CCOC2)c(C)o1. The van der Waals surface area contributed by atoms with E-state index in [4.69, 9.17) is 9.15 Å². The number of nitrogens with one attached hydrogen (secondary N) is 1. The van der Waals surface area contributed by atoms with Gasteiger partial charge in [0.1, 0.15) is 16.4 Å². The Morgan fingerprint density at radius 3 is 2.85 bits per heavy atom. The molecule has 0 spiro atoms. The fourth-order valence-corrected chi connectivity index (χ4v) is 3.83. The van der Waals surface area contributed by atoms with Crippen molar-refractivity contribution in [1.82, 2.24) is 9.62 Å². The van der Waals surface area contributed by atoms with Crippen LogP contribution in [0.2, 0.25) is 0 Å². The van der Waals surface area contributed by atoms with Crippen LogP contribution < -0.4 is 5.32 Å². The van der Waals surface area contributed by atoms with Crippen LogP contribution in [0.25, 0.3) is 0 Å². The highest BCUT2D eigenvalue weighted by Gasteiger charge is 2.33. The summed E-state index contributed by atoms with van der Waals surface area (Å²) < 4.78 is 37.4. The van der Waals surface area contributed by atoms with Gasteiger partial charge in [-0.25, -0.2) is 8.42 Å². The van der Waals surface area contributed by atoms with Crippen molar-refractivity contribution in [3.05, 3.63) is 17.6 Å². The molecule has 1 aromatic heterocycles. The van der Waals surface area contributed by atoms with Crippen molar-refractivity contribution in [2.75, 3.05) is 26.8 Å². The van der Waals surface area contributed by atoms with E-state index in [1.807, 2.05) is 6.92 Å². The second-order valence-electron chi connectivity index (χ2n) is 4.95. The Balaban J connectivity index is 2.22. The molecular formula is C13H22N2O4S. The minimum absolute atomic E-state index is 0.0912. The molecule has 2 rings (SSSR count). The summed E-state index contributed by atoms with van der Waals surface area (Å²) in [5.41, 5.74) is 0. The molecule has 1 atom stereocenters. The van der Waals surface area contributed by atoms with Crippen LogP contribution in [0.15, 0.2) is 15.4 Å². The zero-order valence-electron chi connectivity index (χ0n) is 12.2. The third kappa shape index (κ3) is 3.06. The molecule has 1 N–H and O–H groups in total.